The third-order valence-corrected chi connectivity index (χ3v) is 1.61. The van der Waals surface area contributed by atoms with Crippen molar-refractivity contribution in [3.05, 3.63) is 0 Å². The zero-order valence-corrected chi connectivity index (χ0v) is 5.08. The van der Waals surface area contributed by atoms with Crippen LogP contribution in [-0.4, -0.2) is 11.9 Å². The van der Waals surface area contributed by atoms with Crippen molar-refractivity contribution in [3.63, 3.8) is 0 Å². The van der Waals surface area contributed by atoms with Crippen LogP contribution in [0.5, 0.6) is 0 Å². The van der Waals surface area contributed by atoms with Gasteiger partial charge in [-0.2, -0.15) is 0 Å². The molecule has 1 fully saturated rings. The molecule has 0 amide bonds. The molecule has 1 rings (SSSR count). The fourth-order valence-corrected chi connectivity index (χ4v) is 0.805. The predicted molar refractivity (Wildman–Crippen MR) is 28.1 cm³/mol. The second-order valence-electron chi connectivity index (χ2n) is 2.22. The standard InChI is InChI=1S/C5H10O4/c6-8-9-7-4-5-2-1-3-5/h5-6H,1-4H2. The molecule has 0 spiro atoms. The van der Waals surface area contributed by atoms with Crippen LogP contribution in [0.25, 0.3) is 0 Å². The highest BCUT2D eigenvalue weighted by atomic mass is 17.6. The summed E-state index contributed by atoms with van der Waals surface area (Å²) >= 11 is 0. The van der Waals surface area contributed by atoms with E-state index >= 15 is 0 Å². The van der Waals surface area contributed by atoms with Crippen molar-refractivity contribution >= 4 is 0 Å². The van der Waals surface area contributed by atoms with E-state index in [1.165, 1.54) is 19.3 Å². The molecule has 0 aliphatic heterocycles. The molecule has 0 heterocycles. The van der Waals surface area contributed by atoms with E-state index in [9.17, 15) is 0 Å². The van der Waals surface area contributed by atoms with Crippen molar-refractivity contribution in [2.75, 3.05) is 6.61 Å². The molecule has 0 aromatic heterocycles. The lowest BCUT2D eigenvalue weighted by atomic mass is 9.86. The third-order valence-electron chi connectivity index (χ3n) is 1.61. The molecule has 0 radical (unpaired) electrons. The first kappa shape index (κ1) is 6.95. The molecular weight excluding hydrogens is 124 g/mol. The quantitative estimate of drug-likeness (QED) is 0.356. The van der Waals surface area contributed by atoms with E-state index in [1.807, 2.05) is 0 Å². The minimum Gasteiger partial charge on any atom is -0.219 e. The van der Waals surface area contributed by atoms with Crippen LogP contribution in [0.4, 0.5) is 0 Å². The monoisotopic (exact) mass is 134 g/mol. The van der Waals surface area contributed by atoms with Crippen LogP contribution in [0, 0.1) is 5.92 Å². The van der Waals surface area contributed by atoms with Gasteiger partial charge in [-0.05, 0) is 28.8 Å². The Balaban J connectivity index is 1.80. The molecule has 0 atom stereocenters. The topological polar surface area (TPSA) is 47.9 Å². The fraction of sp³-hybridized carbons (Fsp3) is 1.00. The van der Waals surface area contributed by atoms with Gasteiger partial charge in [0.25, 0.3) is 0 Å². The van der Waals surface area contributed by atoms with Crippen LogP contribution in [0.15, 0.2) is 0 Å². The molecule has 1 aliphatic rings. The maximum absolute atomic E-state index is 7.62. The van der Waals surface area contributed by atoms with Crippen molar-refractivity contribution in [3.8, 4) is 0 Å². The Kier molecular flexibility index (Phi) is 2.93. The first-order valence-electron chi connectivity index (χ1n) is 3.03. The lowest BCUT2D eigenvalue weighted by Gasteiger charge is -2.23. The van der Waals surface area contributed by atoms with Crippen LogP contribution in [0.2, 0.25) is 0 Å². The van der Waals surface area contributed by atoms with E-state index in [0.717, 1.165) is 0 Å². The lowest BCUT2D eigenvalue weighted by molar-refractivity contribution is -0.625. The van der Waals surface area contributed by atoms with Crippen molar-refractivity contribution in [1.82, 2.24) is 0 Å². The first-order valence-corrected chi connectivity index (χ1v) is 3.03. The molecule has 4 heteroatoms. The van der Waals surface area contributed by atoms with E-state index in [0.29, 0.717) is 12.5 Å². The van der Waals surface area contributed by atoms with Gasteiger partial charge in [0, 0.05) is 0 Å². The number of rotatable bonds is 4. The van der Waals surface area contributed by atoms with Gasteiger partial charge in [-0.1, -0.05) is 6.42 Å². The molecule has 1 N–H and O–H groups in total. The summed E-state index contributed by atoms with van der Waals surface area (Å²) < 4.78 is 0. The highest BCUT2D eigenvalue weighted by Gasteiger charge is 2.17. The van der Waals surface area contributed by atoms with E-state index in [-0.39, 0.29) is 0 Å². The smallest absolute Gasteiger partial charge is 0.0883 e. The summed E-state index contributed by atoms with van der Waals surface area (Å²) in [6, 6.07) is 0. The third kappa shape index (κ3) is 2.28. The number of hydrogen-bond acceptors (Lipinski definition) is 4. The van der Waals surface area contributed by atoms with E-state index in [2.05, 4.69) is 15.0 Å². The van der Waals surface area contributed by atoms with Gasteiger partial charge < -0.3 is 0 Å². The van der Waals surface area contributed by atoms with Crippen LogP contribution >= 0.6 is 0 Å². The highest BCUT2D eigenvalue weighted by Crippen LogP contribution is 2.26. The summed E-state index contributed by atoms with van der Waals surface area (Å²) in [6.07, 6.45) is 3.65. The zero-order valence-electron chi connectivity index (χ0n) is 5.08. The first-order chi connectivity index (χ1) is 4.43. The Labute approximate surface area is 53.1 Å². The van der Waals surface area contributed by atoms with Gasteiger partial charge >= 0.3 is 0 Å². The Bertz CT molecular complexity index is 71.4. The zero-order chi connectivity index (χ0) is 6.53. The molecule has 9 heavy (non-hydrogen) atoms. The van der Waals surface area contributed by atoms with Crippen molar-refractivity contribution in [2.45, 2.75) is 19.3 Å². The van der Waals surface area contributed by atoms with Crippen LogP contribution in [0.1, 0.15) is 19.3 Å². The average molecular weight is 134 g/mol. The van der Waals surface area contributed by atoms with Crippen molar-refractivity contribution < 1.29 is 20.2 Å². The second kappa shape index (κ2) is 3.79. The van der Waals surface area contributed by atoms with Gasteiger partial charge in [-0.3, -0.25) is 0 Å². The Morgan fingerprint density at radius 3 is 2.67 bits per heavy atom. The normalized spacial score (nSPS) is 19.7. The van der Waals surface area contributed by atoms with E-state index in [1.54, 1.807) is 0 Å². The van der Waals surface area contributed by atoms with Crippen molar-refractivity contribution in [2.24, 2.45) is 5.92 Å². The van der Waals surface area contributed by atoms with Crippen molar-refractivity contribution in [1.29, 1.82) is 0 Å². The summed E-state index contributed by atoms with van der Waals surface area (Å²) in [4.78, 5) is 4.41. The van der Waals surface area contributed by atoms with E-state index in [4.69, 9.17) is 5.26 Å². The number of hydrogen-bond donors (Lipinski definition) is 1. The second-order valence-corrected chi connectivity index (χ2v) is 2.22. The summed E-state index contributed by atoms with van der Waals surface area (Å²) in [7, 11) is 0. The molecule has 54 valence electrons. The Morgan fingerprint density at radius 1 is 1.44 bits per heavy atom. The molecule has 4 nitrogen and oxygen atoms in total. The minimum atomic E-state index is 0.514. The Hall–Kier alpha value is -0.160. The fourth-order valence-electron chi connectivity index (χ4n) is 0.805. The summed E-state index contributed by atoms with van der Waals surface area (Å²) in [5, 5.41) is 14.7. The van der Waals surface area contributed by atoms with Gasteiger partial charge in [0.05, 0.1) is 6.61 Å². The predicted octanol–water partition coefficient (Wildman–Crippen LogP) is 1.14. The van der Waals surface area contributed by atoms with Gasteiger partial charge in [-0.25, -0.2) is 10.1 Å². The lowest BCUT2D eigenvalue weighted by Crippen LogP contribution is -2.17. The Morgan fingerprint density at radius 2 is 2.22 bits per heavy atom. The maximum Gasteiger partial charge on any atom is 0.0883 e. The van der Waals surface area contributed by atoms with Gasteiger partial charge in [-0.15, -0.1) is 0 Å². The molecule has 0 aromatic carbocycles. The van der Waals surface area contributed by atoms with E-state index < -0.39 is 0 Å². The summed E-state index contributed by atoms with van der Waals surface area (Å²) in [5.74, 6) is 0.597. The largest absolute Gasteiger partial charge is 0.219 e. The molecule has 0 aromatic rings. The van der Waals surface area contributed by atoms with Gasteiger partial charge in [0.2, 0.25) is 0 Å². The van der Waals surface area contributed by atoms with Crippen LogP contribution in [0.3, 0.4) is 0 Å². The summed E-state index contributed by atoms with van der Waals surface area (Å²) in [6.45, 7) is 0.514. The van der Waals surface area contributed by atoms with Gasteiger partial charge in [0.15, 0.2) is 0 Å². The molecule has 0 unspecified atom stereocenters. The SMILES string of the molecule is OOOOCC1CCC1. The highest BCUT2D eigenvalue weighted by molar-refractivity contribution is 4.67. The molecule has 1 aliphatic carbocycles. The molecular formula is C5H10O4. The molecule has 0 bridgehead atoms. The van der Waals surface area contributed by atoms with Gasteiger partial charge in [0.1, 0.15) is 0 Å². The summed E-state index contributed by atoms with van der Waals surface area (Å²) in [5.41, 5.74) is 0. The van der Waals surface area contributed by atoms with Crippen LogP contribution in [-0.2, 0) is 15.0 Å². The van der Waals surface area contributed by atoms with Crippen LogP contribution < -0.4 is 0 Å². The molecule has 0 saturated heterocycles. The molecule has 1 saturated carbocycles. The average Bonchev–Trinajstić information content (AvgIpc) is 1.76. The maximum atomic E-state index is 7.62. The minimum absolute atomic E-state index is 0.514.